The maximum Gasteiger partial charge on any atom is 0.176 e. The molecule has 2 aromatic carbocycles. The highest BCUT2D eigenvalue weighted by Gasteiger charge is 2.23. The fourth-order valence-corrected chi connectivity index (χ4v) is 3.17. The number of ketones is 1. The van der Waals surface area contributed by atoms with Gasteiger partial charge in [0.25, 0.3) is 0 Å². The van der Waals surface area contributed by atoms with Crippen LogP contribution in [-0.2, 0) is 0 Å². The first-order chi connectivity index (χ1) is 11.2. The van der Waals surface area contributed by atoms with Gasteiger partial charge in [-0.15, -0.1) is 0 Å². The van der Waals surface area contributed by atoms with E-state index in [1.807, 2.05) is 30.3 Å². The predicted octanol–water partition coefficient (Wildman–Crippen LogP) is 3.25. The van der Waals surface area contributed by atoms with Gasteiger partial charge in [-0.1, -0.05) is 60.7 Å². The van der Waals surface area contributed by atoms with Crippen molar-refractivity contribution in [1.82, 2.24) is 9.80 Å². The maximum absolute atomic E-state index is 12.3. The Labute approximate surface area is 138 Å². The molecule has 0 radical (unpaired) electrons. The third-order valence-electron chi connectivity index (χ3n) is 4.70. The van der Waals surface area contributed by atoms with Crippen LogP contribution < -0.4 is 0 Å². The summed E-state index contributed by atoms with van der Waals surface area (Å²) in [6.07, 6.45) is 0. The summed E-state index contributed by atoms with van der Waals surface area (Å²) in [5, 5.41) is 0. The van der Waals surface area contributed by atoms with Crippen molar-refractivity contribution in [2.24, 2.45) is 0 Å². The molecule has 0 amide bonds. The van der Waals surface area contributed by atoms with E-state index in [-0.39, 0.29) is 5.78 Å². The summed E-state index contributed by atoms with van der Waals surface area (Å²) >= 11 is 0. The summed E-state index contributed by atoms with van der Waals surface area (Å²) in [6.45, 7) is 6.72. The molecule has 0 unspecified atom stereocenters. The minimum atomic E-state index is 0.218. The molecule has 3 heteroatoms. The molecule has 1 fully saturated rings. The van der Waals surface area contributed by atoms with Gasteiger partial charge in [-0.05, 0) is 12.5 Å². The second-order valence-corrected chi connectivity index (χ2v) is 6.19. The lowest BCUT2D eigenvalue weighted by molar-refractivity contribution is 0.0788. The molecule has 3 nitrogen and oxygen atoms in total. The first kappa shape index (κ1) is 15.9. The number of piperazine rings is 1. The molecule has 1 aliphatic rings. The van der Waals surface area contributed by atoms with Crippen LogP contribution >= 0.6 is 0 Å². The summed E-state index contributed by atoms with van der Waals surface area (Å²) in [5.41, 5.74) is 2.17. The van der Waals surface area contributed by atoms with Crippen LogP contribution in [0.3, 0.4) is 0 Å². The predicted molar refractivity (Wildman–Crippen MR) is 93.6 cm³/mol. The van der Waals surface area contributed by atoms with E-state index in [9.17, 15) is 4.79 Å². The highest BCUT2D eigenvalue weighted by atomic mass is 16.1. The van der Waals surface area contributed by atoms with Crippen LogP contribution in [0.25, 0.3) is 0 Å². The van der Waals surface area contributed by atoms with E-state index in [0.29, 0.717) is 12.6 Å². The van der Waals surface area contributed by atoms with Crippen LogP contribution in [0.4, 0.5) is 0 Å². The minimum absolute atomic E-state index is 0.218. The van der Waals surface area contributed by atoms with E-state index in [1.165, 1.54) is 5.56 Å². The Bertz CT molecular complexity index is 619. The van der Waals surface area contributed by atoms with E-state index in [0.717, 1.165) is 31.7 Å². The van der Waals surface area contributed by atoms with Crippen LogP contribution in [0.1, 0.15) is 28.9 Å². The van der Waals surface area contributed by atoms with Gasteiger partial charge in [0.1, 0.15) is 0 Å². The number of benzene rings is 2. The van der Waals surface area contributed by atoms with E-state index in [2.05, 4.69) is 47.1 Å². The molecule has 2 aromatic rings. The van der Waals surface area contributed by atoms with Gasteiger partial charge >= 0.3 is 0 Å². The van der Waals surface area contributed by atoms with Gasteiger partial charge in [0.05, 0.1) is 6.54 Å². The first-order valence-corrected chi connectivity index (χ1v) is 8.33. The number of rotatable bonds is 5. The van der Waals surface area contributed by atoms with E-state index in [4.69, 9.17) is 0 Å². The van der Waals surface area contributed by atoms with Crippen LogP contribution in [0.5, 0.6) is 0 Å². The van der Waals surface area contributed by atoms with Crippen molar-refractivity contribution >= 4 is 5.78 Å². The van der Waals surface area contributed by atoms with Crippen molar-refractivity contribution in [1.29, 1.82) is 0 Å². The highest BCUT2D eigenvalue weighted by Crippen LogP contribution is 2.21. The Morgan fingerprint density at radius 1 is 0.913 bits per heavy atom. The largest absolute Gasteiger partial charge is 0.294 e. The average Bonchev–Trinajstić information content (AvgIpc) is 2.63. The molecule has 1 aliphatic heterocycles. The standard InChI is InChI=1S/C20H24N2O/c1-17(18-8-4-2-5-9-18)22-14-12-21(13-15-22)16-20(23)19-10-6-3-7-11-19/h2-11,17H,12-16H2,1H3/t17-/m0/s1. The second kappa shape index (κ2) is 7.53. The lowest BCUT2D eigenvalue weighted by Crippen LogP contribution is -2.48. The average molecular weight is 308 g/mol. The highest BCUT2D eigenvalue weighted by molar-refractivity contribution is 5.97. The molecule has 1 saturated heterocycles. The van der Waals surface area contributed by atoms with Gasteiger partial charge in [-0.3, -0.25) is 14.6 Å². The molecule has 0 saturated carbocycles. The summed E-state index contributed by atoms with van der Waals surface area (Å²) in [6, 6.07) is 20.7. The molecule has 120 valence electrons. The molecule has 0 aromatic heterocycles. The molecular weight excluding hydrogens is 284 g/mol. The molecule has 0 N–H and O–H groups in total. The topological polar surface area (TPSA) is 23.6 Å². The Morgan fingerprint density at radius 2 is 1.48 bits per heavy atom. The fourth-order valence-electron chi connectivity index (χ4n) is 3.17. The summed E-state index contributed by atoms with van der Waals surface area (Å²) in [5.74, 6) is 0.218. The van der Waals surface area contributed by atoms with E-state index in [1.54, 1.807) is 0 Å². The molecular formula is C20H24N2O. The Hall–Kier alpha value is -1.97. The lowest BCUT2D eigenvalue weighted by Gasteiger charge is -2.38. The molecule has 0 bridgehead atoms. The number of nitrogens with zero attached hydrogens (tertiary/aromatic N) is 2. The first-order valence-electron chi connectivity index (χ1n) is 8.33. The van der Waals surface area contributed by atoms with E-state index < -0.39 is 0 Å². The van der Waals surface area contributed by atoms with Crippen LogP contribution in [0.2, 0.25) is 0 Å². The Kier molecular flexibility index (Phi) is 5.21. The Morgan fingerprint density at radius 3 is 2.09 bits per heavy atom. The van der Waals surface area contributed by atoms with Gasteiger partial charge in [0.2, 0.25) is 0 Å². The number of carbonyl (C=O) groups excluding carboxylic acids is 1. The number of hydrogen-bond donors (Lipinski definition) is 0. The van der Waals surface area contributed by atoms with Gasteiger partial charge in [-0.25, -0.2) is 0 Å². The molecule has 23 heavy (non-hydrogen) atoms. The van der Waals surface area contributed by atoms with Gasteiger partial charge in [-0.2, -0.15) is 0 Å². The van der Waals surface area contributed by atoms with E-state index >= 15 is 0 Å². The van der Waals surface area contributed by atoms with Crippen molar-refractivity contribution in [2.45, 2.75) is 13.0 Å². The zero-order chi connectivity index (χ0) is 16.1. The van der Waals surface area contributed by atoms with Crippen molar-refractivity contribution in [3.05, 3.63) is 71.8 Å². The number of carbonyl (C=O) groups is 1. The zero-order valence-corrected chi connectivity index (χ0v) is 13.7. The number of hydrogen-bond acceptors (Lipinski definition) is 3. The number of Topliss-reactive ketones (excluding diaryl/α,β-unsaturated/α-hetero) is 1. The van der Waals surface area contributed by atoms with Gasteiger partial charge in [0.15, 0.2) is 5.78 Å². The van der Waals surface area contributed by atoms with Crippen LogP contribution in [0, 0.1) is 0 Å². The van der Waals surface area contributed by atoms with Crippen molar-refractivity contribution in [3.63, 3.8) is 0 Å². The van der Waals surface area contributed by atoms with Gasteiger partial charge < -0.3 is 0 Å². The molecule has 0 spiro atoms. The smallest absolute Gasteiger partial charge is 0.176 e. The maximum atomic E-state index is 12.3. The monoisotopic (exact) mass is 308 g/mol. The Balaban J connectivity index is 1.52. The lowest BCUT2D eigenvalue weighted by atomic mass is 10.1. The summed E-state index contributed by atoms with van der Waals surface area (Å²) < 4.78 is 0. The SMILES string of the molecule is C[C@@H](c1ccccc1)N1CCN(CC(=O)c2ccccc2)CC1. The van der Waals surface area contributed by atoms with Crippen molar-refractivity contribution in [3.8, 4) is 0 Å². The molecule has 0 aliphatic carbocycles. The molecule has 1 atom stereocenters. The summed E-state index contributed by atoms with van der Waals surface area (Å²) in [7, 11) is 0. The second-order valence-electron chi connectivity index (χ2n) is 6.19. The normalized spacial score (nSPS) is 17.8. The zero-order valence-electron chi connectivity index (χ0n) is 13.7. The van der Waals surface area contributed by atoms with Crippen LogP contribution in [0.15, 0.2) is 60.7 Å². The quantitative estimate of drug-likeness (QED) is 0.792. The summed E-state index contributed by atoms with van der Waals surface area (Å²) in [4.78, 5) is 17.1. The van der Waals surface area contributed by atoms with Crippen molar-refractivity contribution in [2.75, 3.05) is 32.7 Å². The molecule has 3 rings (SSSR count). The van der Waals surface area contributed by atoms with Crippen LogP contribution in [-0.4, -0.2) is 48.3 Å². The third-order valence-corrected chi connectivity index (χ3v) is 4.70. The van der Waals surface area contributed by atoms with Gasteiger partial charge in [0, 0.05) is 37.8 Å². The minimum Gasteiger partial charge on any atom is -0.294 e. The third kappa shape index (κ3) is 4.06. The fraction of sp³-hybridized carbons (Fsp3) is 0.350. The van der Waals surface area contributed by atoms with Crippen molar-refractivity contribution < 1.29 is 4.79 Å². The molecule has 1 heterocycles.